The largest absolute Gasteiger partial charge is 0.370 e. The molecule has 2 aromatic carbocycles. The minimum Gasteiger partial charge on any atom is -0.370 e. The van der Waals surface area contributed by atoms with Gasteiger partial charge in [-0.2, -0.15) is 0 Å². The minimum absolute atomic E-state index is 0.578. The normalized spacial score (nSPS) is 10.4. The molecule has 2 N–H and O–H groups in total. The lowest BCUT2D eigenvalue weighted by atomic mass is 10.1. The first-order valence-corrected chi connectivity index (χ1v) is 6.26. The molecule has 0 aromatic heterocycles. The first kappa shape index (κ1) is 12.7. The monoisotopic (exact) mass is 240 g/mol. The number of benzene rings is 2. The van der Waals surface area contributed by atoms with Gasteiger partial charge < -0.3 is 10.6 Å². The first-order valence-electron chi connectivity index (χ1n) is 6.26. The molecular weight excluding hydrogens is 220 g/mol. The van der Waals surface area contributed by atoms with Crippen molar-refractivity contribution in [3.63, 3.8) is 0 Å². The van der Waals surface area contributed by atoms with Crippen molar-refractivity contribution >= 4 is 5.69 Å². The molecule has 0 fully saturated rings. The second-order valence-electron chi connectivity index (χ2n) is 4.62. The number of rotatable bonds is 4. The molecule has 18 heavy (non-hydrogen) atoms. The van der Waals surface area contributed by atoms with E-state index < -0.39 is 0 Å². The van der Waals surface area contributed by atoms with Crippen LogP contribution in [0.3, 0.4) is 0 Å². The number of hydrogen-bond donors (Lipinski definition) is 1. The van der Waals surface area contributed by atoms with Gasteiger partial charge in [0, 0.05) is 25.8 Å². The third kappa shape index (κ3) is 2.71. The van der Waals surface area contributed by atoms with Gasteiger partial charge in [-0.05, 0) is 29.7 Å². The third-order valence-electron chi connectivity index (χ3n) is 3.29. The molecule has 0 atom stereocenters. The summed E-state index contributed by atoms with van der Waals surface area (Å²) in [6, 6.07) is 16.8. The van der Waals surface area contributed by atoms with Gasteiger partial charge in [-0.3, -0.25) is 0 Å². The molecule has 0 saturated heterocycles. The van der Waals surface area contributed by atoms with Gasteiger partial charge in [-0.1, -0.05) is 42.5 Å². The highest BCUT2D eigenvalue weighted by atomic mass is 15.1. The fraction of sp³-hybridized carbons (Fsp3) is 0.250. The van der Waals surface area contributed by atoms with Gasteiger partial charge in [0.1, 0.15) is 0 Å². The van der Waals surface area contributed by atoms with Crippen LogP contribution in [0.4, 0.5) is 5.69 Å². The van der Waals surface area contributed by atoms with Crippen LogP contribution in [0.1, 0.15) is 16.7 Å². The van der Waals surface area contributed by atoms with E-state index in [0.29, 0.717) is 6.54 Å². The smallest absolute Gasteiger partial charge is 0.0428 e. The average Bonchev–Trinajstić information content (AvgIpc) is 2.41. The third-order valence-corrected chi connectivity index (χ3v) is 3.29. The van der Waals surface area contributed by atoms with E-state index in [1.54, 1.807) is 0 Å². The number of nitrogens with two attached hydrogens (primary N) is 1. The molecule has 0 radical (unpaired) electrons. The number of nitrogens with zero attached hydrogens (tertiary/aromatic N) is 1. The number of hydrogen-bond acceptors (Lipinski definition) is 2. The molecule has 2 nitrogen and oxygen atoms in total. The Hall–Kier alpha value is -1.80. The van der Waals surface area contributed by atoms with Crippen LogP contribution in [0.2, 0.25) is 0 Å². The van der Waals surface area contributed by atoms with Crippen molar-refractivity contribution in [2.24, 2.45) is 5.73 Å². The van der Waals surface area contributed by atoms with Crippen molar-refractivity contribution in [1.82, 2.24) is 0 Å². The molecule has 0 spiro atoms. The zero-order chi connectivity index (χ0) is 13.0. The Labute approximate surface area is 109 Å². The van der Waals surface area contributed by atoms with Crippen molar-refractivity contribution in [2.75, 3.05) is 11.9 Å². The van der Waals surface area contributed by atoms with Crippen LogP contribution >= 0.6 is 0 Å². The molecule has 0 heterocycles. The highest BCUT2D eigenvalue weighted by molar-refractivity contribution is 5.53. The molecule has 0 bridgehead atoms. The van der Waals surface area contributed by atoms with Crippen molar-refractivity contribution in [3.05, 3.63) is 65.2 Å². The second kappa shape index (κ2) is 5.69. The summed E-state index contributed by atoms with van der Waals surface area (Å²) in [6.07, 6.45) is 0. The SMILES string of the molecule is Cc1ccccc1CN(C)c1ccccc1CN. The minimum atomic E-state index is 0.578. The lowest BCUT2D eigenvalue weighted by Gasteiger charge is -2.23. The fourth-order valence-electron chi connectivity index (χ4n) is 2.18. The summed E-state index contributed by atoms with van der Waals surface area (Å²) < 4.78 is 0. The number of anilines is 1. The standard InChI is InChI=1S/C16H20N2/c1-13-7-3-4-9-15(13)12-18(2)16-10-6-5-8-14(16)11-17/h3-10H,11-12,17H2,1-2H3. The number of aryl methyl sites for hydroxylation is 1. The summed E-state index contributed by atoms with van der Waals surface area (Å²) in [7, 11) is 2.11. The van der Waals surface area contributed by atoms with E-state index in [9.17, 15) is 0 Å². The Morgan fingerprint density at radius 1 is 0.944 bits per heavy atom. The Bertz CT molecular complexity index is 520. The molecule has 0 aliphatic carbocycles. The fourth-order valence-corrected chi connectivity index (χ4v) is 2.18. The topological polar surface area (TPSA) is 29.3 Å². The van der Waals surface area contributed by atoms with Crippen LogP contribution in [0.25, 0.3) is 0 Å². The highest BCUT2D eigenvalue weighted by Gasteiger charge is 2.07. The van der Waals surface area contributed by atoms with Crippen LogP contribution in [0.5, 0.6) is 0 Å². The van der Waals surface area contributed by atoms with Gasteiger partial charge in [0.2, 0.25) is 0 Å². The van der Waals surface area contributed by atoms with Crippen molar-refractivity contribution in [3.8, 4) is 0 Å². The Morgan fingerprint density at radius 2 is 1.56 bits per heavy atom. The Balaban J connectivity index is 2.22. The van der Waals surface area contributed by atoms with E-state index in [0.717, 1.165) is 6.54 Å². The summed E-state index contributed by atoms with van der Waals surface area (Å²) in [4.78, 5) is 2.25. The number of para-hydroxylation sites is 1. The van der Waals surface area contributed by atoms with Crippen LogP contribution in [0.15, 0.2) is 48.5 Å². The summed E-state index contributed by atoms with van der Waals surface area (Å²) in [5, 5.41) is 0. The Morgan fingerprint density at radius 3 is 2.22 bits per heavy atom. The van der Waals surface area contributed by atoms with Crippen molar-refractivity contribution in [1.29, 1.82) is 0 Å². The average molecular weight is 240 g/mol. The maximum Gasteiger partial charge on any atom is 0.0428 e. The molecule has 2 rings (SSSR count). The quantitative estimate of drug-likeness (QED) is 0.889. The molecule has 94 valence electrons. The molecule has 2 aromatic rings. The van der Waals surface area contributed by atoms with Crippen LogP contribution in [0, 0.1) is 6.92 Å². The van der Waals surface area contributed by atoms with Crippen LogP contribution in [-0.2, 0) is 13.1 Å². The predicted molar refractivity (Wildman–Crippen MR) is 77.6 cm³/mol. The van der Waals surface area contributed by atoms with Gasteiger partial charge in [0.25, 0.3) is 0 Å². The summed E-state index contributed by atoms with van der Waals surface area (Å²) in [5.41, 5.74) is 10.9. The molecule has 0 saturated carbocycles. The molecule has 0 unspecified atom stereocenters. The summed E-state index contributed by atoms with van der Waals surface area (Å²) >= 11 is 0. The Kier molecular flexibility index (Phi) is 4.00. The van der Waals surface area contributed by atoms with E-state index in [4.69, 9.17) is 5.73 Å². The van der Waals surface area contributed by atoms with Crippen molar-refractivity contribution < 1.29 is 0 Å². The maximum atomic E-state index is 5.79. The molecule has 0 amide bonds. The molecule has 2 heteroatoms. The van der Waals surface area contributed by atoms with E-state index >= 15 is 0 Å². The summed E-state index contributed by atoms with van der Waals surface area (Å²) in [6.45, 7) is 3.63. The van der Waals surface area contributed by atoms with E-state index in [1.807, 2.05) is 6.07 Å². The van der Waals surface area contributed by atoms with E-state index in [1.165, 1.54) is 22.4 Å². The van der Waals surface area contributed by atoms with Gasteiger partial charge in [-0.25, -0.2) is 0 Å². The van der Waals surface area contributed by atoms with E-state index in [-0.39, 0.29) is 0 Å². The lowest BCUT2D eigenvalue weighted by Crippen LogP contribution is -2.19. The molecular formula is C16H20N2. The highest BCUT2D eigenvalue weighted by Crippen LogP contribution is 2.21. The van der Waals surface area contributed by atoms with E-state index in [2.05, 4.69) is 61.3 Å². The molecule has 0 aliphatic heterocycles. The second-order valence-corrected chi connectivity index (χ2v) is 4.62. The van der Waals surface area contributed by atoms with Gasteiger partial charge in [0.05, 0.1) is 0 Å². The zero-order valence-electron chi connectivity index (χ0n) is 11.1. The lowest BCUT2D eigenvalue weighted by molar-refractivity contribution is 0.897. The zero-order valence-corrected chi connectivity index (χ0v) is 11.1. The van der Waals surface area contributed by atoms with Crippen LogP contribution < -0.4 is 10.6 Å². The molecule has 0 aliphatic rings. The van der Waals surface area contributed by atoms with Gasteiger partial charge in [0.15, 0.2) is 0 Å². The maximum absolute atomic E-state index is 5.79. The van der Waals surface area contributed by atoms with Gasteiger partial charge in [-0.15, -0.1) is 0 Å². The van der Waals surface area contributed by atoms with Crippen molar-refractivity contribution in [2.45, 2.75) is 20.0 Å². The first-order chi connectivity index (χ1) is 8.72. The van der Waals surface area contributed by atoms with Gasteiger partial charge >= 0.3 is 0 Å². The summed E-state index contributed by atoms with van der Waals surface area (Å²) in [5.74, 6) is 0. The van der Waals surface area contributed by atoms with Crippen LogP contribution in [-0.4, -0.2) is 7.05 Å². The predicted octanol–water partition coefficient (Wildman–Crippen LogP) is 3.09.